The Bertz CT molecular complexity index is 670. The first-order valence-electron chi connectivity index (χ1n) is 7.59. The molecule has 0 aliphatic heterocycles. The number of carbonyl (C=O) groups excluding carboxylic acids is 1. The molecule has 0 aliphatic rings. The van der Waals surface area contributed by atoms with Gasteiger partial charge in [0, 0.05) is 12.1 Å². The minimum Gasteiger partial charge on any atom is -0.497 e. The molecule has 0 heterocycles. The molecule has 0 aliphatic carbocycles. The van der Waals surface area contributed by atoms with Gasteiger partial charge in [-0.25, -0.2) is 0 Å². The quantitative estimate of drug-likeness (QED) is 0.443. The lowest BCUT2D eigenvalue weighted by Gasteiger charge is -2.06. The van der Waals surface area contributed by atoms with Crippen LogP contribution in [0.5, 0.6) is 5.75 Å². The van der Waals surface area contributed by atoms with Gasteiger partial charge < -0.3 is 20.6 Å². The van der Waals surface area contributed by atoms with Crippen molar-refractivity contribution in [1.82, 2.24) is 0 Å². The number of anilines is 1. The number of amides is 1. The van der Waals surface area contributed by atoms with E-state index in [1.54, 1.807) is 31.4 Å². The highest BCUT2D eigenvalue weighted by atomic mass is 16.6. The Morgan fingerprint density at radius 3 is 2.50 bits per heavy atom. The number of nitrogens with one attached hydrogen (secondary N) is 1. The molecular formula is C18H21N3O3. The van der Waals surface area contributed by atoms with E-state index in [2.05, 4.69) is 10.5 Å². The van der Waals surface area contributed by atoms with Crippen molar-refractivity contribution in [3.8, 4) is 5.75 Å². The maximum absolute atomic E-state index is 11.8. The summed E-state index contributed by atoms with van der Waals surface area (Å²) in [6.07, 6.45) is 1.35. The van der Waals surface area contributed by atoms with Gasteiger partial charge in [-0.3, -0.25) is 4.79 Å². The number of ether oxygens (including phenoxy) is 1. The van der Waals surface area contributed by atoms with Crippen LogP contribution in [-0.4, -0.2) is 25.5 Å². The molecule has 126 valence electrons. The van der Waals surface area contributed by atoms with Gasteiger partial charge in [-0.1, -0.05) is 35.5 Å². The minimum absolute atomic E-state index is 0.196. The molecule has 6 heteroatoms. The average molecular weight is 327 g/mol. The van der Waals surface area contributed by atoms with E-state index in [0.717, 1.165) is 12.2 Å². The number of nitrogens with two attached hydrogens (primary N) is 1. The number of carbonyl (C=O) groups is 1. The van der Waals surface area contributed by atoms with Crippen LogP contribution in [0, 0.1) is 0 Å². The molecule has 2 aromatic rings. The van der Waals surface area contributed by atoms with Gasteiger partial charge in [0.1, 0.15) is 11.6 Å². The standard InChI is InChI=1S/C18H21N3O3/c1-23-16-10-8-15(9-11-16)20-18(22)13-24-21-17(19)12-7-14-5-3-2-4-6-14/h2-6,8-11H,7,12-13H2,1H3,(H2,19,21)(H,20,22). The molecule has 0 saturated carbocycles. The summed E-state index contributed by atoms with van der Waals surface area (Å²) in [6.45, 7) is -0.196. The molecular weight excluding hydrogens is 306 g/mol. The molecule has 0 saturated heterocycles. The number of rotatable bonds is 8. The molecule has 6 nitrogen and oxygen atoms in total. The highest BCUT2D eigenvalue weighted by Crippen LogP contribution is 2.14. The molecule has 24 heavy (non-hydrogen) atoms. The molecule has 0 bridgehead atoms. The summed E-state index contributed by atoms with van der Waals surface area (Å²) in [5.74, 6) is 0.774. The molecule has 2 aromatic carbocycles. The Kier molecular flexibility index (Phi) is 6.64. The maximum Gasteiger partial charge on any atom is 0.265 e. The zero-order valence-electron chi connectivity index (χ0n) is 13.6. The second-order valence-electron chi connectivity index (χ2n) is 5.12. The predicted octanol–water partition coefficient (Wildman–Crippen LogP) is 2.56. The third-order valence-electron chi connectivity index (χ3n) is 3.26. The third kappa shape index (κ3) is 6.00. The Hall–Kier alpha value is -3.02. The summed E-state index contributed by atoms with van der Waals surface area (Å²) in [5.41, 5.74) is 7.60. The summed E-state index contributed by atoms with van der Waals surface area (Å²) in [6, 6.07) is 17.0. The maximum atomic E-state index is 11.8. The van der Waals surface area contributed by atoms with Crippen molar-refractivity contribution in [2.24, 2.45) is 10.9 Å². The van der Waals surface area contributed by atoms with Crippen molar-refractivity contribution in [2.75, 3.05) is 19.0 Å². The van der Waals surface area contributed by atoms with E-state index in [1.807, 2.05) is 30.3 Å². The summed E-state index contributed by atoms with van der Waals surface area (Å²) in [7, 11) is 1.58. The van der Waals surface area contributed by atoms with Gasteiger partial charge in [0.25, 0.3) is 5.91 Å². The Morgan fingerprint density at radius 2 is 1.83 bits per heavy atom. The molecule has 3 N–H and O–H groups in total. The largest absolute Gasteiger partial charge is 0.497 e. The van der Waals surface area contributed by atoms with Crippen molar-refractivity contribution in [1.29, 1.82) is 0 Å². The van der Waals surface area contributed by atoms with Crippen molar-refractivity contribution < 1.29 is 14.4 Å². The number of amidine groups is 1. The lowest BCUT2D eigenvalue weighted by atomic mass is 10.1. The van der Waals surface area contributed by atoms with Gasteiger partial charge >= 0.3 is 0 Å². The van der Waals surface area contributed by atoms with E-state index in [9.17, 15) is 4.79 Å². The molecule has 0 aromatic heterocycles. The number of aryl methyl sites for hydroxylation is 1. The van der Waals surface area contributed by atoms with Crippen LogP contribution in [0.4, 0.5) is 5.69 Å². The van der Waals surface area contributed by atoms with E-state index < -0.39 is 0 Å². The Labute approximate surface area is 141 Å². The summed E-state index contributed by atoms with van der Waals surface area (Å²) in [5, 5.41) is 6.46. The van der Waals surface area contributed by atoms with E-state index in [0.29, 0.717) is 17.9 Å². The van der Waals surface area contributed by atoms with Crippen LogP contribution < -0.4 is 15.8 Å². The monoisotopic (exact) mass is 327 g/mol. The zero-order chi connectivity index (χ0) is 17.2. The highest BCUT2D eigenvalue weighted by molar-refractivity contribution is 5.91. The van der Waals surface area contributed by atoms with Gasteiger partial charge in [0.05, 0.1) is 7.11 Å². The second kappa shape index (κ2) is 9.19. The lowest BCUT2D eigenvalue weighted by molar-refractivity contribution is -0.120. The second-order valence-corrected chi connectivity index (χ2v) is 5.12. The highest BCUT2D eigenvalue weighted by Gasteiger charge is 2.03. The van der Waals surface area contributed by atoms with E-state index in [4.69, 9.17) is 15.3 Å². The molecule has 0 atom stereocenters. The van der Waals surface area contributed by atoms with Gasteiger partial charge in [0.15, 0.2) is 6.61 Å². The van der Waals surface area contributed by atoms with E-state index >= 15 is 0 Å². The first-order valence-corrected chi connectivity index (χ1v) is 7.59. The molecule has 0 unspecified atom stereocenters. The number of methoxy groups -OCH3 is 1. The fourth-order valence-electron chi connectivity index (χ4n) is 2.01. The van der Waals surface area contributed by atoms with Gasteiger partial charge in [-0.2, -0.15) is 0 Å². The topological polar surface area (TPSA) is 85.9 Å². The average Bonchev–Trinajstić information content (AvgIpc) is 2.61. The number of nitrogens with zero attached hydrogens (tertiary/aromatic N) is 1. The fraction of sp³-hybridized carbons (Fsp3) is 0.222. The lowest BCUT2D eigenvalue weighted by Crippen LogP contribution is -2.19. The molecule has 1 amide bonds. The van der Waals surface area contributed by atoms with Crippen LogP contribution >= 0.6 is 0 Å². The zero-order valence-corrected chi connectivity index (χ0v) is 13.6. The van der Waals surface area contributed by atoms with Crippen molar-refractivity contribution in [3.05, 3.63) is 60.2 Å². The van der Waals surface area contributed by atoms with Gasteiger partial charge in [-0.15, -0.1) is 0 Å². The smallest absolute Gasteiger partial charge is 0.265 e. The first-order chi connectivity index (χ1) is 11.7. The molecule has 0 spiro atoms. The number of oxime groups is 1. The fourth-order valence-corrected chi connectivity index (χ4v) is 2.01. The summed E-state index contributed by atoms with van der Waals surface area (Å²) >= 11 is 0. The Balaban J connectivity index is 1.70. The molecule has 0 fully saturated rings. The molecule has 2 rings (SSSR count). The van der Waals surface area contributed by atoms with E-state index in [1.165, 1.54) is 5.56 Å². The normalized spacial score (nSPS) is 11.0. The molecule has 0 radical (unpaired) electrons. The first kappa shape index (κ1) is 17.3. The van der Waals surface area contributed by atoms with Gasteiger partial charge in [-0.05, 0) is 36.2 Å². The van der Waals surface area contributed by atoms with Crippen molar-refractivity contribution >= 4 is 17.4 Å². The van der Waals surface area contributed by atoms with Crippen LogP contribution in [-0.2, 0) is 16.1 Å². The van der Waals surface area contributed by atoms with Crippen LogP contribution in [0.1, 0.15) is 12.0 Å². The van der Waals surface area contributed by atoms with Crippen LogP contribution in [0.2, 0.25) is 0 Å². The van der Waals surface area contributed by atoms with Crippen LogP contribution in [0.3, 0.4) is 0 Å². The number of benzene rings is 2. The van der Waals surface area contributed by atoms with Crippen molar-refractivity contribution in [3.63, 3.8) is 0 Å². The minimum atomic E-state index is -0.306. The van der Waals surface area contributed by atoms with Crippen LogP contribution in [0.15, 0.2) is 59.8 Å². The SMILES string of the molecule is COc1ccc(NC(=O)CO/N=C(\N)CCc2ccccc2)cc1. The summed E-state index contributed by atoms with van der Waals surface area (Å²) in [4.78, 5) is 16.7. The van der Waals surface area contributed by atoms with Crippen molar-refractivity contribution in [2.45, 2.75) is 12.8 Å². The predicted molar refractivity (Wildman–Crippen MR) is 94.0 cm³/mol. The summed E-state index contributed by atoms with van der Waals surface area (Å²) < 4.78 is 5.05. The third-order valence-corrected chi connectivity index (χ3v) is 3.26. The number of hydrogen-bond acceptors (Lipinski definition) is 4. The number of hydrogen-bond donors (Lipinski definition) is 2. The van der Waals surface area contributed by atoms with Crippen LogP contribution in [0.25, 0.3) is 0 Å². The Morgan fingerprint density at radius 1 is 1.12 bits per heavy atom. The van der Waals surface area contributed by atoms with Gasteiger partial charge in [0.2, 0.25) is 0 Å². The van der Waals surface area contributed by atoms with E-state index in [-0.39, 0.29) is 12.5 Å².